The van der Waals surface area contributed by atoms with E-state index < -0.39 is 0 Å². The molecular formula is C16H35N3. The van der Waals surface area contributed by atoms with Crippen LogP contribution < -0.4 is 5.32 Å². The zero-order valence-electron chi connectivity index (χ0n) is 13.5. The fourth-order valence-electron chi connectivity index (χ4n) is 2.76. The maximum Gasteiger partial charge on any atom is 0.0110 e. The second kappa shape index (κ2) is 10.6. The van der Waals surface area contributed by atoms with Crippen LogP contribution in [-0.4, -0.2) is 61.7 Å². The molecule has 1 fully saturated rings. The van der Waals surface area contributed by atoms with Gasteiger partial charge in [-0.25, -0.2) is 0 Å². The molecule has 0 aromatic rings. The zero-order chi connectivity index (χ0) is 13.9. The third-order valence-corrected chi connectivity index (χ3v) is 3.96. The Morgan fingerprint density at radius 1 is 0.842 bits per heavy atom. The molecule has 3 nitrogen and oxygen atoms in total. The monoisotopic (exact) mass is 269 g/mol. The summed E-state index contributed by atoms with van der Waals surface area (Å²) in [5.41, 5.74) is 0. The molecule has 0 aromatic carbocycles. The number of hydrogen-bond acceptors (Lipinski definition) is 3. The minimum absolute atomic E-state index is 0.638. The third-order valence-electron chi connectivity index (χ3n) is 3.96. The Morgan fingerprint density at radius 3 is 2.00 bits per heavy atom. The molecule has 0 amide bonds. The molecule has 1 aliphatic rings. The van der Waals surface area contributed by atoms with E-state index in [1.54, 1.807) is 0 Å². The van der Waals surface area contributed by atoms with E-state index in [9.17, 15) is 0 Å². The van der Waals surface area contributed by atoms with Crippen LogP contribution in [0.5, 0.6) is 0 Å². The van der Waals surface area contributed by atoms with E-state index in [0.29, 0.717) is 6.04 Å². The van der Waals surface area contributed by atoms with Gasteiger partial charge >= 0.3 is 0 Å². The van der Waals surface area contributed by atoms with Crippen LogP contribution in [-0.2, 0) is 0 Å². The lowest BCUT2D eigenvalue weighted by Crippen LogP contribution is -2.46. The molecule has 1 N–H and O–H groups in total. The highest BCUT2D eigenvalue weighted by molar-refractivity contribution is 4.71. The SMILES string of the molecule is CCCN1CCN(CCCCCCNC(C)C)CC1. The Labute approximate surface area is 120 Å². The number of unbranched alkanes of at least 4 members (excludes halogenated alkanes) is 3. The minimum atomic E-state index is 0.638. The summed E-state index contributed by atoms with van der Waals surface area (Å²) in [5.74, 6) is 0. The van der Waals surface area contributed by atoms with Gasteiger partial charge in [0.05, 0.1) is 0 Å². The number of nitrogens with one attached hydrogen (secondary N) is 1. The van der Waals surface area contributed by atoms with E-state index in [1.165, 1.54) is 77.9 Å². The summed E-state index contributed by atoms with van der Waals surface area (Å²) in [6, 6.07) is 0.638. The number of nitrogens with zero attached hydrogens (tertiary/aromatic N) is 2. The van der Waals surface area contributed by atoms with Gasteiger partial charge in [-0.2, -0.15) is 0 Å². The number of piperazine rings is 1. The van der Waals surface area contributed by atoms with Gasteiger partial charge in [0.15, 0.2) is 0 Å². The molecule has 19 heavy (non-hydrogen) atoms. The van der Waals surface area contributed by atoms with Crippen molar-refractivity contribution in [3.8, 4) is 0 Å². The highest BCUT2D eigenvalue weighted by Crippen LogP contribution is 2.06. The van der Waals surface area contributed by atoms with Crippen molar-refractivity contribution in [1.82, 2.24) is 15.1 Å². The Bertz CT molecular complexity index is 198. The van der Waals surface area contributed by atoms with E-state index in [4.69, 9.17) is 0 Å². The van der Waals surface area contributed by atoms with Gasteiger partial charge in [0, 0.05) is 32.2 Å². The van der Waals surface area contributed by atoms with Crippen molar-refractivity contribution in [1.29, 1.82) is 0 Å². The number of hydrogen-bond donors (Lipinski definition) is 1. The van der Waals surface area contributed by atoms with Crippen LogP contribution in [0.4, 0.5) is 0 Å². The summed E-state index contributed by atoms with van der Waals surface area (Å²) >= 11 is 0. The second-order valence-electron chi connectivity index (χ2n) is 6.21. The molecule has 0 saturated carbocycles. The summed E-state index contributed by atoms with van der Waals surface area (Å²) in [6.07, 6.45) is 6.80. The van der Waals surface area contributed by atoms with Crippen LogP contribution in [0.1, 0.15) is 52.9 Å². The van der Waals surface area contributed by atoms with E-state index in [1.807, 2.05) is 0 Å². The van der Waals surface area contributed by atoms with Gasteiger partial charge < -0.3 is 15.1 Å². The van der Waals surface area contributed by atoms with Gasteiger partial charge in [0.25, 0.3) is 0 Å². The zero-order valence-corrected chi connectivity index (χ0v) is 13.5. The first-order valence-corrected chi connectivity index (χ1v) is 8.40. The van der Waals surface area contributed by atoms with Gasteiger partial charge in [-0.15, -0.1) is 0 Å². The maximum atomic E-state index is 3.49. The van der Waals surface area contributed by atoms with Crippen molar-refractivity contribution < 1.29 is 0 Å². The first-order chi connectivity index (χ1) is 9.22. The van der Waals surface area contributed by atoms with Crippen LogP contribution >= 0.6 is 0 Å². The largest absolute Gasteiger partial charge is 0.315 e. The summed E-state index contributed by atoms with van der Waals surface area (Å²) in [5, 5.41) is 3.49. The summed E-state index contributed by atoms with van der Waals surface area (Å²) in [4.78, 5) is 5.26. The second-order valence-corrected chi connectivity index (χ2v) is 6.21. The average molecular weight is 269 g/mol. The smallest absolute Gasteiger partial charge is 0.0110 e. The highest BCUT2D eigenvalue weighted by Gasteiger charge is 2.14. The topological polar surface area (TPSA) is 18.5 Å². The molecule has 0 aliphatic carbocycles. The van der Waals surface area contributed by atoms with E-state index >= 15 is 0 Å². The first kappa shape index (κ1) is 16.9. The van der Waals surface area contributed by atoms with E-state index in [-0.39, 0.29) is 0 Å². The Morgan fingerprint density at radius 2 is 1.42 bits per heavy atom. The van der Waals surface area contributed by atoms with Crippen LogP contribution in [0, 0.1) is 0 Å². The van der Waals surface area contributed by atoms with E-state index in [0.717, 1.165) is 0 Å². The van der Waals surface area contributed by atoms with Gasteiger partial charge in [-0.05, 0) is 38.9 Å². The molecule has 0 spiro atoms. The molecule has 1 rings (SSSR count). The lowest BCUT2D eigenvalue weighted by atomic mass is 10.1. The normalized spacial score (nSPS) is 18.3. The van der Waals surface area contributed by atoms with Crippen molar-refractivity contribution in [3.63, 3.8) is 0 Å². The van der Waals surface area contributed by atoms with Crippen LogP contribution in [0.15, 0.2) is 0 Å². The van der Waals surface area contributed by atoms with Crippen molar-refractivity contribution in [2.24, 2.45) is 0 Å². The van der Waals surface area contributed by atoms with E-state index in [2.05, 4.69) is 35.9 Å². The average Bonchev–Trinajstić information content (AvgIpc) is 2.39. The molecule has 0 aromatic heterocycles. The predicted octanol–water partition coefficient (Wildman–Crippen LogP) is 2.57. The van der Waals surface area contributed by atoms with Crippen LogP contribution in [0.2, 0.25) is 0 Å². The summed E-state index contributed by atoms with van der Waals surface area (Å²) in [6.45, 7) is 15.7. The van der Waals surface area contributed by atoms with Crippen molar-refractivity contribution >= 4 is 0 Å². The molecular weight excluding hydrogens is 234 g/mol. The highest BCUT2D eigenvalue weighted by atomic mass is 15.3. The maximum absolute atomic E-state index is 3.49. The molecule has 0 atom stereocenters. The Kier molecular flexibility index (Phi) is 9.48. The Hall–Kier alpha value is -0.120. The Balaban J connectivity index is 1.88. The molecule has 114 valence electrons. The van der Waals surface area contributed by atoms with Gasteiger partial charge in [0.2, 0.25) is 0 Å². The van der Waals surface area contributed by atoms with Gasteiger partial charge in [-0.3, -0.25) is 0 Å². The summed E-state index contributed by atoms with van der Waals surface area (Å²) in [7, 11) is 0. The predicted molar refractivity (Wildman–Crippen MR) is 84.8 cm³/mol. The minimum Gasteiger partial charge on any atom is -0.315 e. The molecule has 3 heteroatoms. The van der Waals surface area contributed by atoms with Crippen molar-refractivity contribution in [2.45, 2.75) is 58.9 Å². The third kappa shape index (κ3) is 8.61. The van der Waals surface area contributed by atoms with Crippen molar-refractivity contribution in [3.05, 3.63) is 0 Å². The lowest BCUT2D eigenvalue weighted by molar-refractivity contribution is 0.131. The number of rotatable bonds is 10. The summed E-state index contributed by atoms with van der Waals surface area (Å²) < 4.78 is 0. The molecule has 1 heterocycles. The first-order valence-electron chi connectivity index (χ1n) is 8.40. The van der Waals surface area contributed by atoms with Crippen molar-refractivity contribution in [2.75, 3.05) is 45.8 Å². The van der Waals surface area contributed by atoms with Crippen LogP contribution in [0.3, 0.4) is 0 Å². The quantitative estimate of drug-likeness (QED) is 0.615. The lowest BCUT2D eigenvalue weighted by Gasteiger charge is -2.34. The van der Waals surface area contributed by atoms with Gasteiger partial charge in [0.1, 0.15) is 0 Å². The molecule has 1 saturated heterocycles. The molecule has 0 radical (unpaired) electrons. The fraction of sp³-hybridized carbons (Fsp3) is 1.00. The fourth-order valence-corrected chi connectivity index (χ4v) is 2.76. The molecule has 1 aliphatic heterocycles. The standard InChI is InChI=1S/C16H35N3/c1-4-10-18-12-14-19(15-13-18)11-8-6-5-7-9-17-16(2)3/h16-17H,4-15H2,1-3H3. The van der Waals surface area contributed by atoms with Gasteiger partial charge in [-0.1, -0.05) is 33.6 Å². The van der Waals surface area contributed by atoms with Crippen LogP contribution in [0.25, 0.3) is 0 Å². The molecule has 0 unspecified atom stereocenters. The molecule has 0 bridgehead atoms.